The first-order valence-electron chi connectivity index (χ1n) is 4.38. The van der Waals surface area contributed by atoms with Gasteiger partial charge in [0.15, 0.2) is 0 Å². The van der Waals surface area contributed by atoms with Gasteiger partial charge in [-0.3, -0.25) is 0 Å². The van der Waals surface area contributed by atoms with Crippen LogP contribution in [0, 0.1) is 13.8 Å². The minimum absolute atomic E-state index is 0.265. The molecule has 0 saturated heterocycles. The van der Waals surface area contributed by atoms with Crippen molar-refractivity contribution >= 4 is 15.9 Å². The van der Waals surface area contributed by atoms with E-state index in [0.29, 0.717) is 0 Å². The summed E-state index contributed by atoms with van der Waals surface area (Å²) in [5, 5.41) is 0. The molecule has 2 N–H and O–H groups in total. The Morgan fingerprint density at radius 2 is 1.77 bits per heavy atom. The van der Waals surface area contributed by atoms with Crippen molar-refractivity contribution in [2.24, 2.45) is 5.73 Å². The lowest BCUT2D eigenvalue weighted by Gasteiger charge is -2.23. The molecule has 1 aromatic rings. The van der Waals surface area contributed by atoms with E-state index in [-0.39, 0.29) is 5.54 Å². The van der Waals surface area contributed by atoms with Crippen LogP contribution in [0.15, 0.2) is 16.6 Å². The molecule has 13 heavy (non-hydrogen) atoms. The minimum atomic E-state index is -0.265. The van der Waals surface area contributed by atoms with Gasteiger partial charge in [0.2, 0.25) is 0 Å². The Hall–Kier alpha value is -0.340. The van der Waals surface area contributed by atoms with Gasteiger partial charge in [0.05, 0.1) is 0 Å². The Morgan fingerprint density at radius 1 is 1.23 bits per heavy atom. The second-order valence-electron chi connectivity index (χ2n) is 4.12. The summed E-state index contributed by atoms with van der Waals surface area (Å²) in [5.41, 5.74) is 9.59. The van der Waals surface area contributed by atoms with E-state index in [2.05, 4.69) is 41.9 Å². The topological polar surface area (TPSA) is 26.0 Å². The van der Waals surface area contributed by atoms with Crippen LogP contribution in [0.3, 0.4) is 0 Å². The van der Waals surface area contributed by atoms with Gasteiger partial charge in [0, 0.05) is 10.0 Å². The normalized spacial score (nSPS) is 11.8. The maximum absolute atomic E-state index is 6.07. The summed E-state index contributed by atoms with van der Waals surface area (Å²) in [4.78, 5) is 0. The van der Waals surface area contributed by atoms with Gasteiger partial charge in [0.25, 0.3) is 0 Å². The third-order valence-corrected chi connectivity index (χ3v) is 2.78. The van der Waals surface area contributed by atoms with Crippen LogP contribution in [0.25, 0.3) is 0 Å². The van der Waals surface area contributed by atoms with Gasteiger partial charge < -0.3 is 5.73 Å². The molecule has 72 valence electrons. The molecule has 0 heterocycles. The summed E-state index contributed by atoms with van der Waals surface area (Å²) in [6.07, 6.45) is 0. The molecule has 0 unspecified atom stereocenters. The minimum Gasteiger partial charge on any atom is -0.322 e. The second-order valence-corrected chi connectivity index (χ2v) is 5.03. The summed E-state index contributed by atoms with van der Waals surface area (Å²) >= 11 is 3.48. The van der Waals surface area contributed by atoms with E-state index in [1.807, 2.05) is 13.8 Å². The molecule has 0 aromatic heterocycles. The van der Waals surface area contributed by atoms with Crippen molar-refractivity contribution in [1.29, 1.82) is 0 Å². The molecule has 0 aliphatic carbocycles. The highest BCUT2D eigenvalue weighted by Gasteiger charge is 2.17. The molecule has 2 heteroatoms. The number of rotatable bonds is 1. The molecule has 0 aliphatic heterocycles. The standard InChI is InChI=1S/C11H16BrN/c1-7-5-9(12)6-10(8(7)2)11(3,4)13/h5-6H,13H2,1-4H3. The zero-order chi connectivity index (χ0) is 10.2. The number of halogens is 1. The summed E-state index contributed by atoms with van der Waals surface area (Å²) in [6, 6.07) is 4.22. The Bertz CT molecular complexity index is 324. The Labute approximate surface area is 88.5 Å². The molecule has 0 fully saturated rings. The zero-order valence-electron chi connectivity index (χ0n) is 8.61. The van der Waals surface area contributed by atoms with E-state index < -0.39 is 0 Å². The predicted octanol–water partition coefficient (Wildman–Crippen LogP) is 3.26. The van der Waals surface area contributed by atoms with Gasteiger partial charge in [-0.2, -0.15) is 0 Å². The highest BCUT2D eigenvalue weighted by atomic mass is 79.9. The van der Waals surface area contributed by atoms with Crippen LogP contribution in [0.2, 0.25) is 0 Å². The molecule has 0 aliphatic rings. The quantitative estimate of drug-likeness (QED) is 0.803. The average Bonchev–Trinajstić information content (AvgIpc) is 1.94. The van der Waals surface area contributed by atoms with Crippen LogP contribution in [-0.2, 0) is 5.54 Å². The van der Waals surface area contributed by atoms with Crippen LogP contribution in [0.4, 0.5) is 0 Å². The SMILES string of the molecule is Cc1cc(Br)cc(C(C)(C)N)c1C. The largest absolute Gasteiger partial charge is 0.322 e. The summed E-state index contributed by atoms with van der Waals surface area (Å²) in [5.74, 6) is 0. The molecule has 0 radical (unpaired) electrons. The number of aryl methyl sites for hydroxylation is 1. The lowest BCUT2D eigenvalue weighted by Crippen LogP contribution is -2.29. The fourth-order valence-corrected chi connectivity index (χ4v) is 2.06. The predicted molar refractivity (Wildman–Crippen MR) is 60.8 cm³/mol. The second kappa shape index (κ2) is 3.43. The lowest BCUT2D eigenvalue weighted by molar-refractivity contribution is 0.550. The number of hydrogen-bond acceptors (Lipinski definition) is 1. The fourth-order valence-electron chi connectivity index (χ4n) is 1.48. The van der Waals surface area contributed by atoms with Gasteiger partial charge in [-0.15, -0.1) is 0 Å². The first-order valence-corrected chi connectivity index (χ1v) is 5.18. The van der Waals surface area contributed by atoms with Crippen molar-refractivity contribution < 1.29 is 0 Å². The molecule has 0 bridgehead atoms. The monoisotopic (exact) mass is 241 g/mol. The summed E-state index contributed by atoms with van der Waals surface area (Å²) < 4.78 is 1.10. The van der Waals surface area contributed by atoms with Crippen LogP contribution in [0.1, 0.15) is 30.5 Å². The summed E-state index contributed by atoms with van der Waals surface area (Å²) in [7, 11) is 0. The van der Waals surface area contributed by atoms with Crippen molar-refractivity contribution in [3.63, 3.8) is 0 Å². The van der Waals surface area contributed by atoms with Gasteiger partial charge in [-0.1, -0.05) is 15.9 Å². The Morgan fingerprint density at radius 3 is 2.23 bits per heavy atom. The van der Waals surface area contributed by atoms with Crippen LogP contribution >= 0.6 is 15.9 Å². The van der Waals surface area contributed by atoms with E-state index in [1.165, 1.54) is 16.7 Å². The summed E-state index contributed by atoms with van der Waals surface area (Å²) in [6.45, 7) is 8.28. The van der Waals surface area contributed by atoms with E-state index in [0.717, 1.165) is 4.47 Å². The number of nitrogens with two attached hydrogens (primary N) is 1. The van der Waals surface area contributed by atoms with Crippen LogP contribution < -0.4 is 5.73 Å². The number of benzene rings is 1. The smallest absolute Gasteiger partial charge is 0.0355 e. The van der Waals surface area contributed by atoms with Crippen molar-refractivity contribution in [3.05, 3.63) is 33.3 Å². The van der Waals surface area contributed by atoms with Gasteiger partial charge in [0.1, 0.15) is 0 Å². The van der Waals surface area contributed by atoms with Crippen LogP contribution in [-0.4, -0.2) is 0 Å². The fraction of sp³-hybridized carbons (Fsp3) is 0.455. The first-order chi connectivity index (χ1) is 5.82. The van der Waals surface area contributed by atoms with E-state index in [4.69, 9.17) is 5.73 Å². The van der Waals surface area contributed by atoms with Gasteiger partial charge in [-0.05, 0) is 56.5 Å². The Balaban J connectivity index is 3.37. The maximum Gasteiger partial charge on any atom is 0.0355 e. The van der Waals surface area contributed by atoms with Crippen molar-refractivity contribution in [3.8, 4) is 0 Å². The van der Waals surface area contributed by atoms with Gasteiger partial charge >= 0.3 is 0 Å². The van der Waals surface area contributed by atoms with E-state index in [1.54, 1.807) is 0 Å². The van der Waals surface area contributed by atoms with Crippen LogP contribution in [0.5, 0.6) is 0 Å². The molecule has 0 saturated carbocycles. The molecule has 0 atom stereocenters. The molecule has 1 nitrogen and oxygen atoms in total. The third kappa shape index (κ3) is 2.32. The molecule has 0 amide bonds. The molecule has 1 aromatic carbocycles. The first kappa shape index (κ1) is 10.7. The van der Waals surface area contributed by atoms with Crippen molar-refractivity contribution in [2.75, 3.05) is 0 Å². The lowest BCUT2D eigenvalue weighted by atomic mass is 9.89. The highest BCUT2D eigenvalue weighted by molar-refractivity contribution is 9.10. The average molecular weight is 242 g/mol. The molecular weight excluding hydrogens is 226 g/mol. The Kier molecular flexibility index (Phi) is 2.83. The maximum atomic E-state index is 6.07. The number of hydrogen-bond donors (Lipinski definition) is 1. The van der Waals surface area contributed by atoms with Gasteiger partial charge in [-0.25, -0.2) is 0 Å². The molecular formula is C11H16BrN. The van der Waals surface area contributed by atoms with Crippen molar-refractivity contribution in [1.82, 2.24) is 0 Å². The third-order valence-electron chi connectivity index (χ3n) is 2.33. The van der Waals surface area contributed by atoms with E-state index >= 15 is 0 Å². The zero-order valence-corrected chi connectivity index (χ0v) is 10.2. The highest BCUT2D eigenvalue weighted by Crippen LogP contribution is 2.27. The molecule has 0 spiro atoms. The van der Waals surface area contributed by atoms with E-state index in [9.17, 15) is 0 Å². The van der Waals surface area contributed by atoms with Crippen molar-refractivity contribution in [2.45, 2.75) is 33.2 Å². The molecule has 1 rings (SSSR count).